The van der Waals surface area contributed by atoms with Crippen LogP contribution in [0, 0.1) is 0 Å². The molecule has 0 unspecified atom stereocenters. The summed E-state index contributed by atoms with van der Waals surface area (Å²) in [7, 11) is 0. The minimum absolute atomic E-state index is 0.0623. The highest BCUT2D eigenvalue weighted by molar-refractivity contribution is 5.31. The number of nitrogens with zero attached hydrogens (tertiary/aromatic N) is 3. The van der Waals surface area contributed by atoms with Crippen LogP contribution in [0.1, 0.15) is 12.5 Å². The first kappa shape index (κ1) is 16.8. The van der Waals surface area contributed by atoms with Crippen molar-refractivity contribution in [2.24, 2.45) is 0 Å². The van der Waals surface area contributed by atoms with E-state index in [1.165, 1.54) is 0 Å². The Balaban J connectivity index is 1.53. The topological polar surface area (TPSA) is 70.5 Å². The third-order valence-electron chi connectivity index (χ3n) is 4.23. The zero-order chi connectivity index (χ0) is 16.8. The van der Waals surface area contributed by atoms with Crippen molar-refractivity contribution in [3.05, 3.63) is 54.2 Å². The van der Waals surface area contributed by atoms with Gasteiger partial charge in [0.1, 0.15) is 5.82 Å². The van der Waals surface area contributed by atoms with Gasteiger partial charge in [-0.3, -0.25) is 4.90 Å². The highest BCUT2D eigenvalue weighted by atomic mass is 16.5. The maximum atomic E-state index is 10.8. The number of ether oxygens (including phenoxy) is 1. The zero-order valence-corrected chi connectivity index (χ0v) is 13.9. The van der Waals surface area contributed by atoms with Gasteiger partial charge in [0.15, 0.2) is 0 Å². The van der Waals surface area contributed by atoms with Crippen LogP contribution >= 0.6 is 0 Å². The molecule has 2 N–H and O–H groups in total. The molecule has 6 heteroatoms. The molecule has 1 aliphatic rings. The second-order valence-electron chi connectivity index (χ2n) is 6.36. The summed E-state index contributed by atoms with van der Waals surface area (Å²) < 4.78 is 5.82. The number of hydrogen-bond acceptors (Lipinski definition) is 6. The Morgan fingerprint density at radius 1 is 1.29 bits per heavy atom. The van der Waals surface area contributed by atoms with Gasteiger partial charge < -0.3 is 15.2 Å². The molecule has 1 fully saturated rings. The van der Waals surface area contributed by atoms with E-state index in [2.05, 4.69) is 20.4 Å². The van der Waals surface area contributed by atoms with E-state index >= 15 is 0 Å². The minimum atomic E-state index is -0.874. The molecule has 1 saturated heterocycles. The third-order valence-corrected chi connectivity index (χ3v) is 4.23. The molecule has 0 aliphatic carbocycles. The molecule has 128 valence electrons. The summed E-state index contributed by atoms with van der Waals surface area (Å²) in [6.45, 7) is 5.38. The van der Waals surface area contributed by atoms with Crippen LogP contribution in [-0.2, 0) is 10.3 Å². The van der Waals surface area contributed by atoms with Crippen molar-refractivity contribution in [2.45, 2.75) is 18.6 Å². The normalized spacial score (nSPS) is 21.2. The van der Waals surface area contributed by atoms with E-state index in [1.54, 1.807) is 6.20 Å². The summed E-state index contributed by atoms with van der Waals surface area (Å²) in [5.41, 5.74) is 0.0623. The highest BCUT2D eigenvalue weighted by Gasteiger charge is 2.29. The van der Waals surface area contributed by atoms with E-state index in [1.807, 2.05) is 49.4 Å². The Morgan fingerprint density at radius 2 is 2.12 bits per heavy atom. The second-order valence-corrected chi connectivity index (χ2v) is 6.36. The molecule has 24 heavy (non-hydrogen) atoms. The zero-order valence-electron chi connectivity index (χ0n) is 13.9. The van der Waals surface area contributed by atoms with E-state index in [9.17, 15) is 5.11 Å². The summed E-state index contributed by atoms with van der Waals surface area (Å²) >= 11 is 0. The average Bonchev–Trinajstić information content (AvgIpc) is 2.62. The molecule has 0 spiro atoms. The van der Waals surface area contributed by atoms with E-state index in [0.29, 0.717) is 19.7 Å². The predicted molar refractivity (Wildman–Crippen MR) is 92.7 cm³/mol. The Hall–Kier alpha value is -2.02. The highest BCUT2D eigenvalue weighted by Crippen LogP contribution is 2.22. The fourth-order valence-electron chi connectivity index (χ4n) is 2.99. The van der Waals surface area contributed by atoms with Crippen molar-refractivity contribution in [1.82, 2.24) is 15.1 Å². The Kier molecular flexibility index (Phi) is 5.40. The van der Waals surface area contributed by atoms with Crippen LogP contribution < -0.4 is 5.32 Å². The molecule has 2 aromatic rings. The van der Waals surface area contributed by atoms with E-state index in [0.717, 1.165) is 24.5 Å². The number of β-amino-alcohol motifs (C(OH)–C–C–N with tert-alkyl or cyclic N) is 1. The molecule has 1 aromatic heterocycles. The van der Waals surface area contributed by atoms with Crippen LogP contribution in [0.2, 0.25) is 0 Å². The molecule has 1 aromatic carbocycles. The monoisotopic (exact) mass is 328 g/mol. The van der Waals surface area contributed by atoms with Gasteiger partial charge >= 0.3 is 0 Å². The van der Waals surface area contributed by atoms with Gasteiger partial charge in [-0.15, -0.1) is 5.10 Å². The molecule has 0 bridgehead atoms. The second kappa shape index (κ2) is 7.70. The lowest BCUT2D eigenvalue weighted by atomic mass is 9.95. The van der Waals surface area contributed by atoms with Crippen LogP contribution in [-0.4, -0.2) is 59.1 Å². The molecular formula is C18H24N4O2. The van der Waals surface area contributed by atoms with Gasteiger partial charge in [0.2, 0.25) is 0 Å². The molecule has 6 nitrogen and oxygen atoms in total. The summed E-state index contributed by atoms with van der Waals surface area (Å²) in [5.74, 6) is 0.745. The van der Waals surface area contributed by atoms with Crippen LogP contribution in [0.4, 0.5) is 5.82 Å². The van der Waals surface area contributed by atoms with Crippen molar-refractivity contribution in [3.8, 4) is 0 Å². The first-order chi connectivity index (χ1) is 11.6. The standard InChI is InChI=1S/C18H24N4O2/c1-18(23,15-6-3-2-4-7-15)14-22-10-11-24-16(13-22)12-19-17-8-5-9-20-21-17/h2-9,16,23H,10-14H2,1H3,(H,19,21)/t16-,18+/m0/s1. The molecule has 3 rings (SSSR count). The number of rotatable bonds is 6. The minimum Gasteiger partial charge on any atom is -0.384 e. The van der Waals surface area contributed by atoms with Gasteiger partial charge in [0, 0.05) is 32.4 Å². The van der Waals surface area contributed by atoms with Crippen molar-refractivity contribution >= 4 is 5.82 Å². The lowest BCUT2D eigenvalue weighted by Crippen LogP contribution is -2.49. The van der Waals surface area contributed by atoms with Crippen LogP contribution in [0.5, 0.6) is 0 Å². The van der Waals surface area contributed by atoms with Crippen molar-refractivity contribution in [3.63, 3.8) is 0 Å². The van der Waals surface area contributed by atoms with E-state index < -0.39 is 5.60 Å². The number of hydrogen-bond donors (Lipinski definition) is 2. The molecule has 2 heterocycles. The quantitative estimate of drug-likeness (QED) is 0.837. The molecule has 0 amide bonds. The number of nitrogens with one attached hydrogen (secondary N) is 1. The molecule has 0 radical (unpaired) electrons. The van der Waals surface area contributed by atoms with Crippen molar-refractivity contribution in [2.75, 3.05) is 38.1 Å². The summed E-state index contributed by atoms with van der Waals surface area (Å²) in [5, 5.41) is 21.9. The maximum absolute atomic E-state index is 10.8. The van der Waals surface area contributed by atoms with Crippen molar-refractivity contribution < 1.29 is 9.84 Å². The average molecular weight is 328 g/mol. The fourth-order valence-corrected chi connectivity index (χ4v) is 2.99. The summed E-state index contributed by atoms with van der Waals surface area (Å²) in [4.78, 5) is 2.25. The summed E-state index contributed by atoms with van der Waals surface area (Å²) in [6.07, 6.45) is 1.71. The van der Waals surface area contributed by atoms with Crippen molar-refractivity contribution in [1.29, 1.82) is 0 Å². The lowest BCUT2D eigenvalue weighted by Gasteiger charge is -2.37. The molecule has 0 saturated carbocycles. The van der Waals surface area contributed by atoms with Crippen LogP contribution in [0.3, 0.4) is 0 Å². The molecule has 1 aliphatic heterocycles. The lowest BCUT2D eigenvalue weighted by molar-refractivity contribution is -0.0565. The third kappa shape index (κ3) is 4.50. The van der Waals surface area contributed by atoms with Gasteiger partial charge in [-0.1, -0.05) is 30.3 Å². The van der Waals surface area contributed by atoms with E-state index in [4.69, 9.17) is 4.74 Å². The maximum Gasteiger partial charge on any atom is 0.148 e. The van der Waals surface area contributed by atoms with Gasteiger partial charge in [-0.05, 0) is 24.6 Å². The summed E-state index contributed by atoms with van der Waals surface area (Å²) in [6, 6.07) is 13.5. The van der Waals surface area contributed by atoms with Gasteiger partial charge in [0.25, 0.3) is 0 Å². The first-order valence-electron chi connectivity index (χ1n) is 8.27. The number of anilines is 1. The Labute approximate surface area is 142 Å². The van der Waals surface area contributed by atoms with Gasteiger partial charge in [0.05, 0.1) is 18.3 Å². The number of aromatic nitrogens is 2. The SMILES string of the molecule is C[C@@](O)(CN1CCO[C@@H](CNc2cccnn2)C1)c1ccccc1. The van der Waals surface area contributed by atoms with Gasteiger partial charge in [-0.25, -0.2) is 0 Å². The Morgan fingerprint density at radius 3 is 2.88 bits per heavy atom. The number of morpholine rings is 1. The fraction of sp³-hybridized carbons (Fsp3) is 0.444. The number of benzene rings is 1. The first-order valence-corrected chi connectivity index (χ1v) is 8.27. The predicted octanol–water partition coefficient (Wildman–Crippen LogP) is 1.50. The number of aliphatic hydroxyl groups is 1. The molecule has 2 atom stereocenters. The van der Waals surface area contributed by atoms with Crippen LogP contribution in [0.25, 0.3) is 0 Å². The van der Waals surface area contributed by atoms with Crippen LogP contribution in [0.15, 0.2) is 48.7 Å². The van der Waals surface area contributed by atoms with Gasteiger partial charge in [-0.2, -0.15) is 5.10 Å². The van der Waals surface area contributed by atoms with E-state index in [-0.39, 0.29) is 6.10 Å². The Bertz CT molecular complexity index is 621. The molecular weight excluding hydrogens is 304 g/mol. The largest absolute Gasteiger partial charge is 0.384 e. The smallest absolute Gasteiger partial charge is 0.148 e.